The minimum Gasteiger partial charge on any atom is -0.478 e. The molecular weight excluding hydrogens is 269 g/mol. The van der Waals surface area contributed by atoms with E-state index >= 15 is 0 Å². The molecule has 0 unspecified atom stereocenters. The third kappa shape index (κ3) is 2.15. The first-order chi connectivity index (χ1) is 9.71. The minimum atomic E-state index is -0.944. The maximum absolute atomic E-state index is 11.3. The van der Waals surface area contributed by atoms with Crippen molar-refractivity contribution in [3.63, 3.8) is 0 Å². The summed E-state index contributed by atoms with van der Waals surface area (Å²) in [5.41, 5.74) is 0.915. The van der Waals surface area contributed by atoms with E-state index in [-0.39, 0.29) is 5.56 Å². The Kier molecular flexibility index (Phi) is 2.94. The van der Waals surface area contributed by atoms with Crippen LogP contribution < -0.4 is 5.59 Å². The van der Waals surface area contributed by atoms with Gasteiger partial charge in [0.05, 0.1) is 16.8 Å². The van der Waals surface area contributed by atoms with E-state index in [2.05, 4.69) is 4.98 Å². The van der Waals surface area contributed by atoms with E-state index in [1.165, 1.54) is 0 Å². The summed E-state index contributed by atoms with van der Waals surface area (Å²) in [4.78, 5) is 14.5. The molecule has 0 spiro atoms. The van der Waals surface area contributed by atoms with Crippen LogP contribution in [-0.2, 0) is 9.31 Å². The van der Waals surface area contributed by atoms with Crippen molar-refractivity contribution in [2.45, 2.75) is 38.9 Å². The monoisotopic (exact) mass is 287 g/mol. The highest BCUT2D eigenvalue weighted by atomic mass is 16.7. The summed E-state index contributed by atoms with van der Waals surface area (Å²) in [6.07, 6.45) is 0. The molecule has 1 saturated heterocycles. The maximum atomic E-state index is 11.3. The number of carboxylic acid groups (broad SMARTS) is 1. The standard InChI is InChI=1S/C15H18BNO4/c1-14(2)15(3,4)21-16(20-14)12-8-10-9(13(18)19)6-5-7-11(10)17-12/h5-8,17H,1-4H3,(H,18,19). The smallest absolute Gasteiger partial charge is 0.478 e. The van der Waals surface area contributed by atoms with Gasteiger partial charge in [0, 0.05) is 16.5 Å². The molecule has 0 bridgehead atoms. The van der Waals surface area contributed by atoms with Crippen LogP contribution in [0.4, 0.5) is 0 Å². The average Bonchev–Trinajstić information content (AvgIpc) is 2.88. The fourth-order valence-electron chi connectivity index (χ4n) is 2.46. The van der Waals surface area contributed by atoms with E-state index in [1.54, 1.807) is 18.2 Å². The van der Waals surface area contributed by atoms with Gasteiger partial charge in [-0.1, -0.05) is 6.07 Å². The van der Waals surface area contributed by atoms with E-state index in [4.69, 9.17) is 9.31 Å². The van der Waals surface area contributed by atoms with Crippen LogP contribution in [0.25, 0.3) is 10.9 Å². The summed E-state index contributed by atoms with van der Waals surface area (Å²) >= 11 is 0. The number of carbonyl (C=O) groups is 1. The normalized spacial score (nSPS) is 20.1. The molecular formula is C15H18BNO4. The first kappa shape index (κ1) is 14.2. The first-order valence-electron chi connectivity index (χ1n) is 6.92. The lowest BCUT2D eigenvalue weighted by molar-refractivity contribution is 0.00578. The maximum Gasteiger partial charge on any atom is 0.512 e. The molecule has 0 radical (unpaired) electrons. The number of hydrogen-bond acceptors (Lipinski definition) is 3. The summed E-state index contributed by atoms with van der Waals surface area (Å²) in [6.45, 7) is 7.94. The summed E-state index contributed by atoms with van der Waals surface area (Å²) in [5.74, 6) is -0.944. The van der Waals surface area contributed by atoms with Crippen molar-refractivity contribution in [1.82, 2.24) is 4.98 Å². The molecule has 2 N–H and O–H groups in total. The van der Waals surface area contributed by atoms with Crippen LogP contribution in [0.1, 0.15) is 38.1 Å². The molecule has 1 aromatic heterocycles. The second-order valence-corrected chi connectivity index (χ2v) is 6.38. The van der Waals surface area contributed by atoms with Crippen LogP contribution in [0.15, 0.2) is 24.3 Å². The molecule has 1 aliphatic heterocycles. The Morgan fingerprint density at radius 2 is 1.81 bits per heavy atom. The molecule has 0 amide bonds. The van der Waals surface area contributed by atoms with Gasteiger partial charge in [0.1, 0.15) is 0 Å². The fraction of sp³-hybridized carbons (Fsp3) is 0.400. The molecule has 0 atom stereocenters. The molecule has 1 aromatic carbocycles. The number of carboxylic acids is 1. The summed E-state index contributed by atoms with van der Waals surface area (Å²) in [5, 5.41) is 9.91. The lowest BCUT2D eigenvalue weighted by Gasteiger charge is -2.32. The molecule has 5 nitrogen and oxygen atoms in total. The van der Waals surface area contributed by atoms with Gasteiger partial charge < -0.3 is 19.4 Å². The van der Waals surface area contributed by atoms with Crippen LogP contribution in [0.5, 0.6) is 0 Å². The highest BCUT2D eigenvalue weighted by molar-refractivity contribution is 6.61. The van der Waals surface area contributed by atoms with Gasteiger partial charge in [0.2, 0.25) is 0 Å². The first-order valence-corrected chi connectivity index (χ1v) is 6.92. The van der Waals surface area contributed by atoms with Gasteiger partial charge in [-0.2, -0.15) is 0 Å². The molecule has 1 aliphatic rings. The van der Waals surface area contributed by atoms with Crippen molar-refractivity contribution in [2.24, 2.45) is 0 Å². The van der Waals surface area contributed by atoms with E-state index in [9.17, 15) is 9.90 Å². The molecule has 110 valence electrons. The van der Waals surface area contributed by atoms with Crippen LogP contribution in [-0.4, -0.2) is 34.4 Å². The zero-order chi connectivity index (χ0) is 15.4. The van der Waals surface area contributed by atoms with Crippen LogP contribution >= 0.6 is 0 Å². The number of hydrogen-bond donors (Lipinski definition) is 2. The van der Waals surface area contributed by atoms with Crippen molar-refractivity contribution < 1.29 is 19.2 Å². The molecule has 0 aliphatic carbocycles. The zero-order valence-corrected chi connectivity index (χ0v) is 12.6. The van der Waals surface area contributed by atoms with E-state index in [0.29, 0.717) is 5.39 Å². The van der Waals surface area contributed by atoms with Crippen LogP contribution in [0, 0.1) is 0 Å². The lowest BCUT2D eigenvalue weighted by Crippen LogP contribution is -2.41. The summed E-state index contributed by atoms with van der Waals surface area (Å²) < 4.78 is 12.0. The lowest BCUT2D eigenvalue weighted by atomic mass is 9.85. The van der Waals surface area contributed by atoms with Gasteiger partial charge in [-0.3, -0.25) is 0 Å². The molecule has 3 rings (SSSR count). The number of nitrogens with one attached hydrogen (secondary N) is 1. The zero-order valence-electron chi connectivity index (χ0n) is 12.6. The van der Waals surface area contributed by atoms with Crippen molar-refractivity contribution in [3.8, 4) is 0 Å². The number of aromatic carboxylic acids is 1. The molecule has 0 saturated carbocycles. The fourth-order valence-corrected chi connectivity index (χ4v) is 2.46. The second kappa shape index (κ2) is 4.35. The Morgan fingerprint density at radius 1 is 1.19 bits per heavy atom. The topological polar surface area (TPSA) is 71.5 Å². The van der Waals surface area contributed by atoms with E-state index in [1.807, 2.05) is 33.8 Å². The molecule has 1 fully saturated rings. The van der Waals surface area contributed by atoms with Gasteiger partial charge >= 0.3 is 13.1 Å². The van der Waals surface area contributed by atoms with Crippen molar-refractivity contribution in [1.29, 1.82) is 0 Å². The number of aromatic nitrogens is 1. The Bertz CT molecular complexity index is 704. The number of benzene rings is 1. The second-order valence-electron chi connectivity index (χ2n) is 6.38. The highest BCUT2D eigenvalue weighted by Crippen LogP contribution is 2.36. The van der Waals surface area contributed by atoms with Gasteiger partial charge in [0.15, 0.2) is 0 Å². The van der Waals surface area contributed by atoms with Gasteiger partial charge in [-0.05, 0) is 45.9 Å². The number of rotatable bonds is 2. The van der Waals surface area contributed by atoms with E-state index in [0.717, 1.165) is 11.1 Å². The Hall–Kier alpha value is -1.79. The minimum absolute atomic E-state index is 0.270. The molecule has 6 heteroatoms. The quantitative estimate of drug-likeness (QED) is 0.830. The predicted molar refractivity (Wildman–Crippen MR) is 81.0 cm³/mol. The molecule has 2 heterocycles. The summed E-state index contributed by atoms with van der Waals surface area (Å²) in [6, 6.07) is 6.94. The van der Waals surface area contributed by atoms with Gasteiger partial charge in [0.25, 0.3) is 0 Å². The average molecular weight is 287 g/mol. The van der Waals surface area contributed by atoms with Gasteiger partial charge in [-0.15, -0.1) is 0 Å². The van der Waals surface area contributed by atoms with Crippen LogP contribution in [0.3, 0.4) is 0 Å². The largest absolute Gasteiger partial charge is 0.512 e. The van der Waals surface area contributed by atoms with Gasteiger partial charge in [-0.25, -0.2) is 4.79 Å². The Labute approximate surface area is 123 Å². The van der Waals surface area contributed by atoms with Crippen molar-refractivity contribution >= 4 is 29.6 Å². The number of H-pyrrole nitrogens is 1. The Balaban J connectivity index is 2.04. The SMILES string of the molecule is CC1(C)OB(c2cc3c(C(=O)O)cccc3[nH]2)OC1(C)C. The number of fused-ring (bicyclic) bond motifs is 1. The van der Waals surface area contributed by atoms with E-state index < -0.39 is 24.3 Å². The van der Waals surface area contributed by atoms with Crippen molar-refractivity contribution in [3.05, 3.63) is 29.8 Å². The summed E-state index contributed by atoms with van der Waals surface area (Å²) in [7, 11) is -0.524. The molecule has 2 aromatic rings. The predicted octanol–water partition coefficient (Wildman–Crippen LogP) is 2.17. The van der Waals surface area contributed by atoms with Crippen molar-refractivity contribution in [2.75, 3.05) is 0 Å². The third-order valence-electron chi connectivity index (χ3n) is 4.42. The third-order valence-corrected chi connectivity index (χ3v) is 4.42. The Morgan fingerprint density at radius 3 is 2.38 bits per heavy atom. The highest BCUT2D eigenvalue weighted by Gasteiger charge is 2.52. The number of aromatic amines is 1. The van der Waals surface area contributed by atoms with Crippen LogP contribution in [0.2, 0.25) is 0 Å². The molecule has 21 heavy (non-hydrogen) atoms.